The summed E-state index contributed by atoms with van der Waals surface area (Å²) < 4.78 is 13.1. The Morgan fingerprint density at radius 3 is 2.57 bits per heavy atom. The fraction of sp³-hybridized carbons (Fsp3) is 0.269. The summed E-state index contributed by atoms with van der Waals surface area (Å²) >= 11 is 0. The molecule has 3 N–H and O–H groups in total. The van der Waals surface area contributed by atoms with E-state index in [-0.39, 0.29) is 6.61 Å². The first-order valence-corrected chi connectivity index (χ1v) is 11.7. The Balaban J connectivity index is 1.27. The van der Waals surface area contributed by atoms with Crippen LogP contribution in [0.15, 0.2) is 66.7 Å². The highest BCUT2D eigenvalue weighted by molar-refractivity contribution is 5.75. The van der Waals surface area contributed by atoms with Crippen molar-refractivity contribution in [2.75, 3.05) is 38.2 Å². The number of hydrogen-bond acceptors (Lipinski definition) is 7. The molecule has 180 valence electrons. The van der Waals surface area contributed by atoms with Crippen LogP contribution in [-0.2, 0) is 4.79 Å². The first-order valence-electron chi connectivity index (χ1n) is 11.7. The van der Waals surface area contributed by atoms with Crippen molar-refractivity contribution in [3.63, 3.8) is 0 Å². The van der Waals surface area contributed by atoms with Gasteiger partial charge in [-0.1, -0.05) is 18.2 Å². The Kier molecular flexibility index (Phi) is 6.76. The van der Waals surface area contributed by atoms with E-state index in [0.717, 1.165) is 29.2 Å². The number of anilines is 2. The number of nitrogens with one attached hydrogen (secondary N) is 1. The number of rotatable bonds is 10. The molecule has 3 heterocycles. The third-order valence-corrected chi connectivity index (χ3v) is 5.86. The molecule has 0 spiro atoms. The third kappa shape index (κ3) is 5.70. The van der Waals surface area contributed by atoms with E-state index < -0.39 is 5.91 Å². The molecule has 35 heavy (non-hydrogen) atoms. The number of carbonyl (C=O) groups is 1. The second-order valence-electron chi connectivity index (χ2n) is 8.45. The molecule has 4 aromatic rings. The highest BCUT2D eigenvalue weighted by Gasteiger charge is 2.12. The van der Waals surface area contributed by atoms with Gasteiger partial charge in [0, 0.05) is 17.8 Å². The largest absolute Gasteiger partial charge is 0.492 e. The van der Waals surface area contributed by atoms with Crippen molar-refractivity contribution in [3.8, 4) is 22.8 Å². The van der Waals surface area contributed by atoms with Crippen LogP contribution in [0.2, 0.25) is 0 Å². The van der Waals surface area contributed by atoms with Gasteiger partial charge < -0.3 is 20.5 Å². The Morgan fingerprint density at radius 2 is 1.77 bits per heavy atom. The van der Waals surface area contributed by atoms with Crippen molar-refractivity contribution in [3.05, 3.63) is 66.7 Å². The zero-order valence-electron chi connectivity index (χ0n) is 19.4. The maximum Gasteiger partial charge on any atom is 0.255 e. The SMILES string of the molecule is NC(=O)COc1cccc(-c2cccc3nc(Nc4ccc(OCCN5CCCC5)cc4)nn23)c1. The molecule has 0 saturated carbocycles. The predicted molar refractivity (Wildman–Crippen MR) is 134 cm³/mol. The second kappa shape index (κ2) is 10.4. The third-order valence-electron chi connectivity index (χ3n) is 5.86. The first-order chi connectivity index (χ1) is 17.1. The molecule has 0 unspecified atom stereocenters. The summed E-state index contributed by atoms with van der Waals surface area (Å²) in [6.07, 6.45) is 2.58. The van der Waals surface area contributed by atoms with Crippen molar-refractivity contribution < 1.29 is 14.3 Å². The van der Waals surface area contributed by atoms with Gasteiger partial charge in [0.25, 0.3) is 5.91 Å². The zero-order valence-corrected chi connectivity index (χ0v) is 19.4. The minimum atomic E-state index is -0.522. The summed E-state index contributed by atoms with van der Waals surface area (Å²) in [4.78, 5) is 18.1. The van der Waals surface area contributed by atoms with E-state index in [1.807, 2.05) is 60.7 Å². The van der Waals surface area contributed by atoms with Crippen LogP contribution in [0, 0.1) is 0 Å². The molecule has 0 radical (unpaired) electrons. The highest BCUT2D eigenvalue weighted by atomic mass is 16.5. The summed E-state index contributed by atoms with van der Waals surface area (Å²) in [6, 6.07) is 21.0. The van der Waals surface area contributed by atoms with Crippen LogP contribution in [0.4, 0.5) is 11.6 Å². The van der Waals surface area contributed by atoms with Gasteiger partial charge in [0.15, 0.2) is 12.3 Å². The van der Waals surface area contributed by atoms with Crippen molar-refractivity contribution in [2.45, 2.75) is 12.8 Å². The van der Waals surface area contributed by atoms with Crippen LogP contribution in [0.3, 0.4) is 0 Å². The number of nitrogens with zero attached hydrogens (tertiary/aromatic N) is 4. The molecule has 9 heteroatoms. The Morgan fingerprint density at radius 1 is 0.971 bits per heavy atom. The number of likely N-dealkylation sites (tertiary alicyclic amines) is 1. The summed E-state index contributed by atoms with van der Waals surface area (Å²) in [5, 5.41) is 7.91. The molecule has 1 saturated heterocycles. The molecule has 1 amide bonds. The fourth-order valence-electron chi connectivity index (χ4n) is 4.14. The van der Waals surface area contributed by atoms with Gasteiger partial charge in [0.1, 0.15) is 18.1 Å². The van der Waals surface area contributed by atoms with Gasteiger partial charge in [0.2, 0.25) is 5.95 Å². The van der Waals surface area contributed by atoms with Gasteiger partial charge in [-0.15, -0.1) is 5.10 Å². The molecule has 2 aromatic heterocycles. The molecule has 1 aliphatic heterocycles. The van der Waals surface area contributed by atoms with Crippen LogP contribution in [-0.4, -0.2) is 58.3 Å². The lowest BCUT2D eigenvalue weighted by Gasteiger charge is -2.15. The lowest BCUT2D eigenvalue weighted by Crippen LogP contribution is -2.25. The van der Waals surface area contributed by atoms with Crippen LogP contribution in [0.1, 0.15) is 12.8 Å². The molecule has 1 aliphatic rings. The minimum Gasteiger partial charge on any atom is -0.492 e. The topological polar surface area (TPSA) is 107 Å². The van der Waals surface area contributed by atoms with E-state index >= 15 is 0 Å². The number of pyridine rings is 1. The van der Waals surface area contributed by atoms with E-state index in [4.69, 9.17) is 15.2 Å². The number of aromatic nitrogens is 3. The van der Waals surface area contributed by atoms with Gasteiger partial charge in [-0.05, 0) is 74.5 Å². The zero-order chi connectivity index (χ0) is 24.0. The van der Waals surface area contributed by atoms with Gasteiger partial charge in [-0.3, -0.25) is 9.69 Å². The Bertz CT molecular complexity index is 1300. The van der Waals surface area contributed by atoms with E-state index in [1.165, 1.54) is 25.9 Å². The van der Waals surface area contributed by atoms with Crippen molar-refractivity contribution in [1.82, 2.24) is 19.5 Å². The molecule has 5 rings (SSSR count). The van der Waals surface area contributed by atoms with Crippen molar-refractivity contribution >= 4 is 23.2 Å². The number of amides is 1. The number of primary amides is 1. The maximum absolute atomic E-state index is 11.0. The van der Waals surface area contributed by atoms with E-state index in [1.54, 1.807) is 10.6 Å². The summed E-state index contributed by atoms with van der Waals surface area (Å²) in [6.45, 7) is 3.84. The minimum absolute atomic E-state index is 0.173. The number of hydrogen-bond donors (Lipinski definition) is 2. The van der Waals surface area contributed by atoms with Gasteiger partial charge in [-0.25, -0.2) is 4.52 Å². The van der Waals surface area contributed by atoms with Crippen molar-refractivity contribution in [1.29, 1.82) is 0 Å². The van der Waals surface area contributed by atoms with Gasteiger partial charge in [0.05, 0.1) is 5.69 Å². The first kappa shape index (κ1) is 22.7. The Labute approximate surface area is 203 Å². The summed E-state index contributed by atoms with van der Waals surface area (Å²) in [5.74, 6) is 1.37. The smallest absolute Gasteiger partial charge is 0.255 e. The summed E-state index contributed by atoms with van der Waals surface area (Å²) in [5.41, 5.74) is 8.48. The lowest BCUT2D eigenvalue weighted by molar-refractivity contribution is -0.119. The number of ether oxygens (including phenoxy) is 2. The fourth-order valence-corrected chi connectivity index (χ4v) is 4.14. The number of fused-ring (bicyclic) bond motifs is 1. The number of benzene rings is 2. The van der Waals surface area contributed by atoms with Crippen molar-refractivity contribution in [2.24, 2.45) is 5.73 Å². The molecule has 2 aromatic carbocycles. The highest BCUT2D eigenvalue weighted by Crippen LogP contribution is 2.26. The maximum atomic E-state index is 11.0. The average molecular weight is 473 g/mol. The molecule has 1 fully saturated rings. The Hall–Kier alpha value is -4.11. The molecule has 0 bridgehead atoms. The normalized spacial score (nSPS) is 13.7. The molecular weight excluding hydrogens is 444 g/mol. The standard InChI is InChI=1S/C26H28N6O3/c27-24(33)18-35-22-6-3-5-19(17-22)23-7-4-8-25-29-26(30-32(23)25)28-20-9-11-21(12-10-20)34-16-15-31-13-1-2-14-31/h3-12,17H,1-2,13-16,18H2,(H2,27,33)(H,28,30). The average Bonchev–Trinajstić information content (AvgIpc) is 3.53. The monoisotopic (exact) mass is 472 g/mol. The quantitative estimate of drug-likeness (QED) is 0.364. The molecular formula is C26H28N6O3. The summed E-state index contributed by atoms with van der Waals surface area (Å²) in [7, 11) is 0. The van der Waals surface area contributed by atoms with Crippen LogP contribution in [0.5, 0.6) is 11.5 Å². The number of nitrogens with two attached hydrogens (primary N) is 1. The van der Waals surface area contributed by atoms with Gasteiger partial charge >= 0.3 is 0 Å². The van der Waals surface area contributed by atoms with E-state index in [0.29, 0.717) is 24.0 Å². The van der Waals surface area contributed by atoms with E-state index in [2.05, 4.69) is 20.3 Å². The predicted octanol–water partition coefficient (Wildman–Crippen LogP) is 3.48. The molecule has 0 aliphatic carbocycles. The molecule has 9 nitrogen and oxygen atoms in total. The number of carbonyl (C=O) groups excluding carboxylic acids is 1. The molecule has 0 atom stereocenters. The van der Waals surface area contributed by atoms with Crippen LogP contribution in [0.25, 0.3) is 16.9 Å². The van der Waals surface area contributed by atoms with Gasteiger partial charge in [-0.2, -0.15) is 4.98 Å². The van der Waals surface area contributed by atoms with Crippen LogP contribution >= 0.6 is 0 Å². The van der Waals surface area contributed by atoms with E-state index in [9.17, 15) is 4.79 Å². The van der Waals surface area contributed by atoms with Crippen LogP contribution < -0.4 is 20.5 Å². The lowest BCUT2D eigenvalue weighted by atomic mass is 10.1. The second-order valence-corrected chi connectivity index (χ2v) is 8.45.